The summed E-state index contributed by atoms with van der Waals surface area (Å²) in [5.74, 6) is 1.07. The minimum Gasteiger partial charge on any atom is -0.345 e. The number of nitrogens with zero attached hydrogens (tertiary/aromatic N) is 6. The molecule has 170 valence electrons. The molecule has 32 heavy (non-hydrogen) atoms. The number of H-pyrrole nitrogens is 1. The van der Waals surface area contributed by atoms with Crippen molar-refractivity contribution in [1.82, 2.24) is 29.5 Å². The van der Waals surface area contributed by atoms with Crippen molar-refractivity contribution in [3.8, 4) is 11.3 Å². The Morgan fingerprint density at radius 2 is 2.03 bits per heavy atom. The first kappa shape index (κ1) is 21.4. The van der Waals surface area contributed by atoms with Crippen LogP contribution in [0.15, 0.2) is 18.6 Å². The molecule has 0 spiro atoms. The van der Waals surface area contributed by atoms with Crippen LogP contribution in [0, 0.1) is 12.8 Å². The van der Waals surface area contributed by atoms with Crippen molar-refractivity contribution in [1.29, 1.82) is 0 Å². The van der Waals surface area contributed by atoms with E-state index >= 15 is 0 Å². The molecule has 4 aromatic heterocycles. The normalized spacial score (nSPS) is 18.1. The fourth-order valence-corrected chi connectivity index (χ4v) is 6.13. The molecule has 1 aliphatic rings. The third-order valence-electron chi connectivity index (χ3n) is 6.38. The number of hydrogen-bond acceptors (Lipinski definition) is 6. The van der Waals surface area contributed by atoms with E-state index in [1.165, 1.54) is 12.1 Å². The second-order valence-corrected chi connectivity index (χ2v) is 10.9. The van der Waals surface area contributed by atoms with Crippen LogP contribution in [0.5, 0.6) is 0 Å². The molecule has 0 amide bonds. The Kier molecular flexibility index (Phi) is 5.45. The first-order chi connectivity index (χ1) is 15.3. The third kappa shape index (κ3) is 3.69. The van der Waals surface area contributed by atoms with Crippen molar-refractivity contribution in [3.05, 3.63) is 29.7 Å². The molecular formula is C24H33N7S. The lowest BCUT2D eigenvalue weighted by Crippen LogP contribution is -2.52. The monoisotopic (exact) mass is 451 g/mol. The van der Waals surface area contributed by atoms with Crippen molar-refractivity contribution in [2.75, 3.05) is 31.1 Å². The van der Waals surface area contributed by atoms with Gasteiger partial charge in [0.2, 0.25) is 0 Å². The van der Waals surface area contributed by atoms with Gasteiger partial charge >= 0.3 is 0 Å². The van der Waals surface area contributed by atoms with E-state index in [0.29, 0.717) is 17.9 Å². The number of piperazine rings is 1. The van der Waals surface area contributed by atoms with E-state index in [0.717, 1.165) is 57.6 Å². The van der Waals surface area contributed by atoms with Crippen molar-refractivity contribution >= 4 is 32.5 Å². The highest BCUT2D eigenvalue weighted by molar-refractivity contribution is 7.21. The lowest BCUT2D eigenvalue weighted by Gasteiger charge is -2.40. The Labute approximate surface area is 193 Å². The molecule has 1 atom stereocenters. The zero-order chi connectivity index (χ0) is 22.6. The lowest BCUT2D eigenvalue weighted by atomic mass is 9.99. The number of rotatable bonds is 5. The lowest BCUT2D eigenvalue weighted by molar-refractivity contribution is 0.206. The zero-order valence-electron chi connectivity index (χ0n) is 19.9. The molecule has 1 N–H and O–H groups in total. The largest absolute Gasteiger partial charge is 0.345 e. The quantitative estimate of drug-likeness (QED) is 0.466. The maximum absolute atomic E-state index is 5.17. The highest BCUT2D eigenvalue weighted by Crippen LogP contribution is 2.40. The molecule has 0 aliphatic carbocycles. The van der Waals surface area contributed by atoms with Crippen LogP contribution in [-0.2, 0) is 0 Å². The summed E-state index contributed by atoms with van der Waals surface area (Å²) in [7, 11) is 0. The molecule has 7 nitrogen and oxygen atoms in total. The summed E-state index contributed by atoms with van der Waals surface area (Å²) in [6, 6.07) is 2.67. The van der Waals surface area contributed by atoms with Gasteiger partial charge in [0.25, 0.3) is 0 Å². The van der Waals surface area contributed by atoms with Crippen LogP contribution < -0.4 is 4.90 Å². The Bertz CT molecular complexity index is 1250. The highest BCUT2D eigenvalue weighted by atomic mass is 32.1. The zero-order valence-corrected chi connectivity index (χ0v) is 20.7. The number of nitrogens with one attached hydrogen (secondary N) is 1. The highest BCUT2D eigenvalue weighted by Gasteiger charge is 2.28. The van der Waals surface area contributed by atoms with Gasteiger partial charge in [0.05, 0.1) is 5.69 Å². The molecule has 5 rings (SSSR count). The van der Waals surface area contributed by atoms with Gasteiger partial charge in [-0.05, 0) is 37.3 Å². The van der Waals surface area contributed by atoms with E-state index in [9.17, 15) is 0 Å². The molecular weight excluding hydrogens is 418 g/mol. The van der Waals surface area contributed by atoms with Crippen LogP contribution in [0.2, 0.25) is 0 Å². The minimum atomic E-state index is 0.362. The first-order valence-electron chi connectivity index (χ1n) is 11.6. The Morgan fingerprint density at radius 1 is 1.22 bits per heavy atom. The van der Waals surface area contributed by atoms with Gasteiger partial charge in [-0.2, -0.15) is 5.10 Å². The Morgan fingerprint density at radius 3 is 2.75 bits per heavy atom. The fourth-order valence-electron chi connectivity index (χ4n) is 5.02. The maximum Gasteiger partial charge on any atom is 0.188 e. The molecule has 1 saturated heterocycles. The molecule has 0 aromatic carbocycles. The van der Waals surface area contributed by atoms with Crippen molar-refractivity contribution in [2.24, 2.45) is 5.92 Å². The van der Waals surface area contributed by atoms with Gasteiger partial charge in [-0.1, -0.05) is 39.0 Å². The molecule has 4 aromatic rings. The van der Waals surface area contributed by atoms with Crippen LogP contribution in [-0.4, -0.2) is 61.7 Å². The average Bonchev–Trinajstić information content (AvgIpc) is 3.40. The number of aryl methyl sites for hydroxylation is 1. The molecule has 8 heteroatoms. The summed E-state index contributed by atoms with van der Waals surface area (Å²) < 4.78 is 1.86. The topological polar surface area (TPSA) is 65.4 Å². The standard InChI is InChI=1S/C24H33N7S/c1-14(2)10-29-7-8-30(17(6)11-29)24-28-21-19(15(3)4)20(27-23(21)32-24)18-9-16(5)22-25-13-26-31(22)12-18/h9,12-15,17,27H,7-8,10-11H2,1-6H3/t17-/m1/s1. The molecule has 1 aliphatic heterocycles. The second-order valence-electron chi connectivity index (χ2n) is 9.88. The van der Waals surface area contributed by atoms with Crippen LogP contribution in [0.25, 0.3) is 27.3 Å². The first-order valence-corrected chi connectivity index (χ1v) is 12.4. The minimum absolute atomic E-state index is 0.362. The summed E-state index contributed by atoms with van der Waals surface area (Å²) in [5, 5.41) is 5.50. The number of fused-ring (bicyclic) bond motifs is 2. The number of hydrogen-bond donors (Lipinski definition) is 1. The number of thiazole rings is 1. The number of aromatic amines is 1. The van der Waals surface area contributed by atoms with Gasteiger partial charge in [0, 0.05) is 49.5 Å². The summed E-state index contributed by atoms with van der Waals surface area (Å²) in [6.07, 6.45) is 3.67. The second kappa shape index (κ2) is 8.15. The maximum atomic E-state index is 5.17. The van der Waals surface area contributed by atoms with E-state index in [1.54, 1.807) is 17.7 Å². The molecule has 0 bridgehead atoms. The Balaban J connectivity index is 1.50. The van der Waals surface area contributed by atoms with Crippen LogP contribution >= 0.6 is 11.3 Å². The third-order valence-corrected chi connectivity index (χ3v) is 7.39. The van der Waals surface area contributed by atoms with Crippen molar-refractivity contribution in [3.63, 3.8) is 0 Å². The van der Waals surface area contributed by atoms with E-state index in [1.807, 2.05) is 4.52 Å². The van der Waals surface area contributed by atoms with Crippen molar-refractivity contribution in [2.45, 2.75) is 53.5 Å². The smallest absolute Gasteiger partial charge is 0.188 e. The molecule has 1 fully saturated rings. The predicted octanol–water partition coefficient (Wildman–Crippen LogP) is 4.93. The predicted molar refractivity (Wildman–Crippen MR) is 133 cm³/mol. The van der Waals surface area contributed by atoms with E-state index in [2.05, 4.69) is 78.7 Å². The van der Waals surface area contributed by atoms with Gasteiger partial charge in [0.1, 0.15) is 16.7 Å². The van der Waals surface area contributed by atoms with Gasteiger partial charge in [0.15, 0.2) is 10.8 Å². The molecule has 0 unspecified atom stereocenters. The van der Waals surface area contributed by atoms with Gasteiger partial charge in [-0.25, -0.2) is 14.5 Å². The average molecular weight is 452 g/mol. The van der Waals surface area contributed by atoms with E-state index in [-0.39, 0.29) is 0 Å². The van der Waals surface area contributed by atoms with Gasteiger partial charge < -0.3 is 9.88 Å². The summed E-state index contributed by atoms with van der Waals surface area (Å²) >= 11 is 1.79. The summed E-state index contributed by atoms with van der Waals surface area (Å²) in [5.41, 5.74) is 6.70. The van der Waals surface area contributed by atoms with E-state index < -0.39 is 0 Å². The molecule has 0 radical (unpaired) electrons. The van der Waals surface area contributed by atoms with Crippen LogP contribution in [0.4, 0.5) is 5.13 Å². The summed E-state index contributed by atoms with van der Waals surface area (Å²) in [4.78, 5) is 19.5. The molecule has 0 saturated carbocycles. The molecule has 5 heterocycles. The van der Waals surface area contributed by atoms with Crippen LogP contribution in [0.1, 0.15) is 51.7 Å². The SMILES string of the molecule is Cc1cc(-c2[nH]c3sc(N4CCN(CC(C)C)C[C@H]4C)nc3c2C(C)C)cn2ncnc12. The number of anilines is 1. The summed E-state index contributed by atoms with van der Waals surface area (Å²) in [6.45, 7) is 17.9. The van der Waals surface area contributed by atoms with Gasteiger partial charge in [-0.15, -0.1) is 0 Å². The van der Waals surface area contributed by atoms with Crippen LogP contribution in [0.3, 0.4) is 0 Å². The van der Waals surface area contributed by atoms with Gasteiger partial charge in [-0.3, -0.25) is 4.90 Å². The number of pyridine rings is 1. The van der Waals surface area contributed by atoms with Crippen molar-refractivity contribution < 1.29 is 0 Å². The fraction of sp³-hybridized carbons (Fsp3) is 0.542. The Hall–Kier alpha value is -2.45. The van der Waals surface area contributed by atoms with E-state index in [4.69, 9.17) is 4.98 Å². The number of aromatic nitrogens is 5.